The van der Waals surface area contributed by atoms with E-state index in [1.54, 1.807) is 7.11 Å². The van der Waals surface area contributed by atoms with Gasteiger partial charge in [0.05, 0.1) is 13.2 Å². The molecule has 2 aliphatic heterocycles. The van der Waals surface area contributed by atoms with Crippen molar-refractivity contribution in [2.24, 2.45) is 0 Å². The molecule has 0 saturated carbocycles. The summed E-state index contributed by atoms with van der Waals surface area (Å²) in [6.07, 6.45) is 4.48. The van der Waals surface area contributed by atoms with Gasteiger partial charge in [-0.25, -0.2) is 0 Å². The van der Waals surface area contributed by atoms with Gasteiger partial charge in [0.15, 0.2) is 0 Å². The molecule has 2 bridgehead atoms. The van der Waals surface area contributed by atoms with Gasteiger partial charge in [-0.15, -0.1) is 0 Å². The highest BCUT2D eigenvalue weighted by molar-refractivity contribution is 5.82. The van der Waals surface area contributed by atoms with Gasteiger partial charge < -0.3 is 15.0 Å². The van der Waals surface area contributed by atoms with E-state index in [0.717, 1.165) is 31.4 Å². The third-order valence-electron chi connectivity index (χ3n) is 5.38. The third-order valence-corrected chi connectivity index (χ3v) is 5.38. The molecule has 4 atom stereocenters. The lowest BCUT2D eigenvalue weighted by Crippen LogP contribution is -2.52. The number of amides is 1. The summed E-state index contributed by atoms with van der Waals surface area (Å²) in [5.41, 5.74) is 1.38. The molecule has 0 radical (unpaired) electrons. The van der Waals surface area contributed by atoms with Gasteiger partial charge in [-0.2, -0.15) is 0 Å². The molecule has 1 amide bonds. The average molecular weight is 302 g/mol. The van der Waals surface area contributed by atoms with E-state index in [1.807, 2.05) is 26.1 Å². The molecule has 0 aliphatic carbocycles. The molecular formula is C18H26N2O2. The first-order valence-corrected chi connectivity index (χ1v) is 8.27. The number of methoxy groups -OCH3 is 1. The highest BCUT2D eigenvalue weighted by Gasteiger charge is 2.44. The number of piperidine rings is 1. The molecule has 120 valence electrons. The Bertz CT molecular complexity index is 514. The van der Waals surface area contributed by atoms with Gasteiger partial charge in [0.2, 0.25) is 5.91 Å². The summed E-state index contributed by atoms with van der Waals surface area (Å²) in [7, 11) is 3.55. The van der Waals surface area contributed by atoms with Crippen molar-refractivity contribution in [3.05, 3.63) is 29.8 Å². The molecule has 22 heavy (non-hydrogen) atoms. The lowest BCUT2D eigenvalue weighted by Gasteiger charge is -2.40. The number of nitrogens with zero attached hydrogens (tertiary/aromatic N) is 1. The minimum atomic E-state index is -0.0827. The molecule has 0 spiro atoms. The van der Waals surface area contributed by atoms with Gasteiger partial charge >= 0.3 is 0 Å². The Morgan fingerprint density at radius 2 is 1.82 bits per heavy atom. The van der Waals surface area contributed by atoms with Crippen molar-refractivity contribution >= 4 is 5.91 Å². The maximum absolute atomic E-state index is 12.6. The summed E-state index contributed by atoms with van der Waals surface area (Å²) in [6.45, 7) is 1.96. The number of carbonyl (C=O) groups excluding carboxylic acids is 1. The van der Waals surface area contributed by atoms with Crippen LogP contribution in [0.3, 0.4) is 0 Å². The minimum absolute atomic E-state index is 0.0827. The largest absolute Gasteiger partial charge is 0.497 e. The molecule has 2 fully saturated rings. The Kier molecular flexibility index (Phi) is 4.39. The first-order valence-electron chi connectivity index (χ1n) is 8.27. The van der Waals surface area contributed by atoms with Gasteiger partial charge in [-0.05, 0) is 63.3 Å². The molecule has 1 aromatic carbocycles. The monoisotopic (exact) mass is 302 g/mol. The highest BCUT2D eigenvalue weighted by atomic mass is 16.5. The Labute approximate surface area is 132 Å². The van der Waals surface area contributed by atoms with Gasteiger partial charge in [-0.3, -0.25) is 4.79 Å². The summed E-state index contributed by atoms with van der Waals surface area (Å²) in [5, 5.41) is 3.08. The maximum atomic E-state index is 12.6. The number of hydrogen-bond donors (Lipinski definition) is 1. The number of hydrogen-bond acceptors (Lipinski definition) is 3. The van der Waals surface area contributed by atoms with Gasteiger partial charge in [0, 0.05) is 12.1 Å². The van der Waals surface area contributed by atoms with Crippen LogP contribution in [0.25, 0.3) is 0 Å². The third kappa shape index (κ3) is 2.72. The van der Waals surface area contributed by atoms with E-state index in [-0.39, 0.29) is 11.9 Å². The van der Waals surface area contributed by atoms with Crippen molar-refractivity contribution in [2.45, 2.75) is 56.7 Å². The van der Waals surface area contributed by atoms with Gasteiger partial charge in [0.1, 0.15) is 5.75 Å². The molecular weight excluding hydrogens is 276 g/mol. The van der Waals surface area contributed by atoms with Crippen LogP contribution >= 0.6 is 0 Å². The van der Waals surface area contributed by atoms with E-state index < -0.39 is 0 Å². The first kappa shape index (κ1) is 15.3. The fraction of sp³-hybridized carbons (Fsp3) is 0.611. The number of fused-ring (bicyclic) bond motifs is 2. The van der Waals surface area contributed by atoms with E-state index in [9.17, 15) is 4.79 Å². The van der Waals surface area contributed by atoms with E-state index in [2.05, 4.69) is 22.3 Å². The van der Waals surface area contributed by atoms with E-state index >= 15 is 0 Å². The van der Waals surface area contributed by atoms with Crippen LogP contribution < -0.4 is 10.1 Å². The van der Waals surface area contributed by atoms with Crippen LogP contribution in [0.5, 0.6) is 5.75 Å². The summed E-state index contributed by atoms with van der Waals surface area (Å²) in [6, 6.07) is 9.17. The van der Waals surface area contributed by atoms with Crippen molar-refractivity contribution < 1.29 is 9.53 Å². The second kappa shape index (κ2) is 6.29. The Morgan fingerprint density at radius 1 is 1.23 bits per heavy atom. The van der Waals surface area contributed by atoms with Crippen LogP contribution in [0.2, 0.25) is 0 Å². The zero-order valence-electron chi connectivity index (χ0n) is 13.7. The highest BCUT2D eigenvalue weighted by Crippen LogP contribution is 2.43. The molecule has 2 saturated heterocycles. The molecule has 0 aromatic heterocycles. The average Bonchev–Trinajstić information content (AvgIpc) is 2.83. The minimum Gasteiger partial charge on any atom is -0.497 e. The van der Waals surface area contributed by atoms with Crippen molar-refractivity contribution in [1.29, 1.82) is 0 Å². The molecule has 1 aromatic rings. The zero-order chi connectivity index (χ0) is 15.7. The SMILES string of the molecule is CN[C@@H](C)C(=O)N1[C@@H]2CC[C@H]1CC(c1ccc(OC)cc1)C2. The Morgan fingerprint density at radius 3 is 2.32 bits per heavy atom. The van der Waals surface area contributed by atoms with E-state index in [1.165, 1.54) is 5.56 Å². The number of nitrogens with one attached hydrogen (secondary N) is 1. The van der Waals surface area contributed by atoms with E-state index in [4.69, 9.17) is 4.74 Å². The summed E-state index contributed by atoms with van der Waals surface area (Å²) >= 11 is 0. The van der Waals surface area contributed by atoms with Crippen LogP contribution in [-0.4, -0.2) is 43.1 Å². The van der Waals surface area contributed by atoms with Gasteiger partial charge in [0.25, 0.3) is 0 Å². The predicted octanol–water partition coefficient (Wildman–Crippen LogP) is 2.54. The number of carbonyl (C=O) groups is 1. The fourth-order valence-corrected chi connectivity index (χ4v) is 4.03. The molecule has 2 aliphatic rings. The Balaban J connectivity index is 1.72. The molecule has 1 N–H and O–H groups in total. The lowest BCUT2D eigenvalue weighted by atomic mass is 9.85. The quantitative estimate of drug-likeness (QED) is 0.929. The Hall–Kier alpha value is -1.55. The number of rotatable bonds is 4. The normalized spacial score (nSPS) is 28.5. The fourth-order valence-electron chi connectivity index (χ4n) is 4.03. The van der Waals surface area contributed by atoms with Crippen LogP contribution in [0.1, 0.15) is 44.1 Å². The molecule has 2 heterocycles. The lowest BCUT2D eigenvalue weighted by molar-refractivity contribution is -0.137. The second-order valence-corrected chi connectivity index (χ2v) is 6.58. The number of ether oxygens (including phenoxy) is 1. The smallest absolute Gasteiger partial charge is 0.239 e. The van der Waals surface area contributed by atoms with Gasteiger partial charge in [-0.1, -0.05) is 12.1 Å². The predicted molar refractivity (Wildman–Crippen MR) is 87.1 cm³/mol. The van der Waals surface area contributed by atoms with Crippen molar-refractivity contribution in [1.82, 2.24) is 10.2 Å². The van der Waals surface area contributed by atoms with Crippen molar-refractivity contribution in [3.8, 4) is 5.75 Å². The maximum Gasteiger partial charge on any atom is 0.239 e. The topological polar surface area (TPSA) is 41.6 Å². The van der Waals surface area contributed by atoms with Crippen molar-refractivity contribution in [2.75, 3.05) is 14.2 Å². The first-order chi connectivity index (χ1) is 10.6. The number of likely N-dealkylation sites (N-methyl/N-ethyl adjacent to an activating group) is 1. The number of benzene rings is 1. The molecule has 3 rings (SSSR count). The molecule has 1 unspecified atom stereocenters. The molecule has 4 heteroatoms. The summed E-state index contributed by atoms with van der Waals surface area (Å²) in [4.78, 5) is 14.7. The standard InChI is InChI=1S/C18H26N2O2/c1-12(19-2)18(21)20-15-6-7-16(20)11-14(10-15)13-4-8-17(22-3)9-5-13/h4-5,8-9,12,14-16,19H,6-7,10-11H2,1-3H3/t12-,14?,15-,16+/m0/s1. The van der Waals surface area contributed by atoms with Crippen LogP contribution in [0, 0.1) is 0 Å². The van der Waals surface area contributed by atoms with Crippen LogP contribution in [0.15, 0.2) is 24.3 Å². The summed E-state index contributed by atoms with van der Waals surface area (Å²) in [5.74, 6) is 1.74. The molecule has 4 nitrogen and oxygen atoms in total. The summed E-state index contributed by atoms with van der Waals surface area (Å²) < 4.78 is 5.24. The van der Waals surface area contributed by atoms with E-state index in [0.29, 0.717) is 18.0 Å². The van der Waals surface area contributed by atoms with Crippen molar-refractivity contribution in [3.63, 3.8) is 0 Å². The second-order valence-electron chi connectivity index (χ2n) is 6.58. The van der Waals surface area contributed by atoms with Crippen LogP contribution in [-0.2, 0) is 4.79 Å². The van der Waals surface area contributed by atoms with Crippen LogP contribution in [0.4, 0.5) is 0 Å². The zero-order valence-corrected chi connectivity index (χ0v) is 13.7.